The number of aliphatic hydroxyl groups is 1. The van der Waals surface area contributed by atoms with Crippen LogP contribution >= 0.6 is 0 Å². The van der Waals surface area contributed by atoms with Crippen molar-refractivity contribution < 1.29 is 26.7 Å². The third kappa shape index (κ3) is 4.23. The summed E-state index contributed by atoms with van der Waals surface area (Å²) in [6.45, 7) is 1.51. The molecular formula is C26H26F3N3O3S. The van der Waals surface area contributed by atoms with Gasteiger partial charge in [-0.1, -0.05) is 12.5 Å². The largest absolute Gasteiger partial charge is 0.395 e. The van der Waals surface area contributed by atoms with Gasteiger partial charge in [0, 0.05) is 36.8 Å². The third-order valence-corrected chi connectivity index (χ3v) is 8.97. The van der Waals surface area contributed by atoms with Crippen LogP contribution < -0.4 is 10.4 Å². The summed E-state index contributed by atoms with van der Waals surface area (Å²) < 4.78 is 68.8. The number of hydrogen-bond acceptors (Lipinski definition) is 5. The second kappa shape index (κ2) is 9.42. The van der Waals surface area contributed by atoms with Gasteiger partial charge in [0.25, 0.3) is 0 Å². The topological polar surface area (TPSA) is 72.9 Å². The molecule has 0 bridgehead atoms. The quantitative estimate of drug-likeness (QED) is 0.575. The van der Waals surface area contributed by atoms with E-state index < -0.39 is 33.2 Å². The fraction of sp³-hybridized carbons (Fsp3) is 0.308. The molecule has 3 aliphatic rings. The Morgan fingerprint density at radius 2 is 1.83 bits per heavy atom. The predicted octanol–water partition coefficient (Wildman–Crippen LogP) is 4.24. The second-order valence-corrected chi connectivity index (χ2v) is 11.1. The summed E-state index contributed by atoms with van der Waals surface area (Å²) in [4.78, 5) is -0.610. The van der Waals surface area contributed by atoms with Crippen molar-refractivity contribution in [2.75, 3.05) is 24.7 Å². The number of benzene rings is 2. The van der Waals surface area contributed by atoms with Crippen LogP contribution in [0.25, 0.3) is 0 Å². The molecule has 2 aromatic carbocycles. The summed E-state index contributed by atoms with van der Waals surface area (Å²) in [6.07, 6.45) is 5.43. The first-order chi connectivity index (χ1) is 17.2. The summed E-state index contributed by atoms with van der Waals surface area (Å²) in [5.74, 6) is -2.47. The third-order valence-electron chi connectivity index (χ3n) is 7.07. The van der Waals surface area contributed by atoms with Crippen LogP contribution in [0.3, 0.4) is 0 Å². The van der Waals surface area contributed by atoms with Crippen molar-refractivity contribution in [1.82, 2.24) is 9.73 Å². The molecule has 0 fully saturated rings. The molecule has 1 heterocycles. The van der Waals surface area contributed by atoms with Gasteiger partial charge in [0.05, 0.1) is 18.0 Å². The summed E-state index contributed by atoms with van der Waals surface area (Å²) in [7, 11) is -4.29. The maximum Gasteiger partial charge on any atom is 0.246 e. The first kappa shape index (κ1) is 24.6. The molecule has 2 aromatic rings. The van der Waals surface area contributed by atoms with E-state index >= 15 is 0 Å². The van der Waals surface area contributed by atoms with Gasteiger partial charge < -0.3 is 10.5 Å². The van der Waals surface area contributed by atoms with E-state index in [-0.39, 0.29) is 30.7 Å². The van der Waals surface area contributed by atoms with Gasteiger partial charge in [-0.3, -0.25) is 5.01 Å². The molecule has 0 amide bonds. The number of sulfonamides is 1. The van der Waals surface area contributed by atoms with Gasteiger partial charge in [-0.25, -0.2) is 21.6 Å². The highest BCUT2D eigenvalue weighted by atomic mass is 32.2. The zero-order valence-electron chi connectivity index (χ0n) is 19.6. The number of hydrogen-bond donors (Lipinski definition) is 2. The minimum absolute atomic E-state index is 0.00770. The molecular weight excluding hydrogens is 491 g/mol. The van der Waals surface area contributed by atoms with Crippen molar-refractivity contribution in [3.8, 4) is 0 Å². The van der Waals surface area contributed by atoms with Crippen LogP contribution in [-0.4, -0.2) is 37.5 Å². The minimum Gasteiger partial charge on any atom is -0.395 e. The van der Waals surface area contributed by atoms with Crippen molar-refractivity contribution in [3.05, 3.63) is 94.6 Å². The van der Waals surface area contributed by atoms with Gasteiger partial charge in [0.2, 0.25) is 10.0 Å². The number of halogens is 3. The Hall–Kier alpha value is -3.08. The van der Waals surface area contributed by atoms with Crippen molar-refractivity contribution in [2.24, 2.45) is 11.8 Å². The molecule has 0 saturated carbocycles. The average molecular weight is 518 g/mol. The fourth-order valence-corrected chi connectivity index (χ4v) is 6.92. The molecule has 0 saturated heterocycles. The van der Waals surface area contributed by atoms with Gasteiger partial charge in [-0.05, 0) is 66.8 Å². The second-order valence-electron chi connectivity index (χ2n) is 9.17. The first-order valence-electron chi connectivity index (χ1n) is 11.7. The highest BCUT2D eigenvalue weighted by Gasteiger charge is 2.40. The standard InChI is InChI=1S/C26H26F3N3O3S/c1-16-22-14-30-32(21-7-4-19(27)5-8-21)24(22)12-17-2-3-18(26(16)17)15-31(10-11-33)36(34,35)25-9-6-20(28)13-23(25)29/h4-9,12-14,16,18,30,33H,2-3,10-11,15H2,1H3/t16-,18+/m0/s1. The molecule has 0 radical (unpaired) electrons. The van der Waals surface area contributed by atoms with Crippen LogP contribution in [-0.2, 0) is 10.0 Å². The Kier molecular flexibility index (Phi) is 6.44. The molecule has 190 valence electrons. The molecule has 0 spiro atoms. The molecule has 2 atom stereocenters. The predicted molar refractivity (Wildman–Crippen MR) is 129 cm³/mol. The van der Waals surface area contributed by atoms with Crippen LogP contribution in [0.5, 0.6) is 0 Å². The van der Waals surface area contributed by atoms with Crippen LogP contribution in [0, 0.1) is 29.3 Å². The molecule has 1 aliphatic heterocycles. The summed E-state index contributed by atoms with van der Waals surface area (Å²) in [5, 5.41) is 11.5. The van der Waals surface area contributed by atoms with Crippen LogP contribution in [0.15, 0.2) is 82.1 Å². The van der Waals surface area contributed by atoms with Crippen molar-refractivity contribution in [2.45, 2.75) is 24.7 Å². The maximum atomic E-state index is 14.4. The molecule has 10 heteroatoms. The number of nitrogens with zero attached hydrogens (tertiary/aromatic N) is 2. The SMILES string of the molecule is C[C@H]1C2=CNN(c3ccc(F)cc3)C2=CC2=C1[C@@H](CN(CCO)S(=O)(=O)c1ccc(F)cc1F)CC2. The monoisotopic (exact) mass is 517 g/mol. The summed E-state index contributed by atoms with van der Waals surface area (Å²) in [6, 6.07) is 8.56. The van der Waals surface area contributed by atoms with E-state index in [0.717, 1.165) is 51.0 Å². The van der Waals surface area contributed by atoms with Crippen LogP contribution in [0.1, 0.15) is 19.8 Å². The van der Waals surface area contributed by atoms with E-state index in [9.17, 15) is 26.7 Å². The van der Waals surface area contributed by atoms with Crippen molar-refractivity contribution >= 4 is 15.7 Å². The highest BCUT2D eigenvalue weighted by molar-refractivity contribution is 7.89. The summed E-state index contributed by atoms with van der Waals surface area (Å²) >= 11 is 0. The Balaban J connectivity index is 1.44. The first-order valence-corrected chi connectivity index (χ1v) is 13.2. The van der Waals surface area contributed by atoms with Gasteiger partial charge >= 0.3 is 0 Å². The van der Waals surface area contributed by atoms with Crippen LogP contribution in [0.4, 0.5) is 18.9 Å². The van der Waals surface area contributed by atoms with E-state index in [1.54, 1.807) is 12.1 Å². The fourth-order valence-electron chi connectivity index (χ4n) is 5.40. The molecule has 6 nitrogen and oxygen atoms in total. The van der Waals surface area contributed by atoms with E-state index in [0.29, 0.717) is 12.5 Å². The number of aliphatic hydroxyl groups excluding tert-OH is 1. The van der Waals surface area contributed by atoms with Gasteiger partial charge in [0.1, 0.15) is 22.3 Å². The number of allylic oxidation sites excluding steroid dienone is 3. The van der Waals surface area contributed by atoms with Gasteiger partial charge in [0.15, 0.2) is 0 Å². The number of hydrazine groups is 1. The number of fused-ring (bicyclic) bond motifs is 1. The Morgan fingerprint density at radius 1 is 1.11 bits per heavy atom. The molecule has 36 heavy (non-hydrogen) atoms. The Bertz CT molecular complexity index is 1390. The zero-order valence-corrected chi connectivity index (χ0v) is 20.4. The van der Waals surface area contributed by atoms with Crippen LogP contribution in [0.2, 0.25) is 0 Å². The molecule has 0 aromatic heterocycles. The van der Waals surface area contributed by atoms with E-state index in [1.165, 1.54) is 12.1 Å². The lowest BCUT2D eigenvalue weighted by Crippen LogP contribution is -2.38. The lowest BCUT2D eigenvalue weighted by atomic mass is 9.80. The minimum atomic E-state index is -4.29. The normalized spacial score (nSPS) is 21.3. The van der Waals surface area contributed by atoms with E-state index in [2.05, 4.69) is 18.4 Å². The highest BCUT2D eigenvalue weighted by Crippen LogP contribution is 2.48. The van der Waals surface area contributed by atoms with Crippen molar-refractivity contribution in [3.63, 3.8) is 0 Å². The Labute approximate surface area is 208 Å². The van der Waals surface area contributed by atoms with Gasteiger partial charge in [-0.2, -0.15) is 4.31 Å². The number of rotatable bonds is 7. The van der Waals surface area contributed by atoms with E-state index in [1.807, 2.05) is 11.2 Å². The molecule has 2 N–H and O–H groups in total. The molecule has 0 unspecified atom stereocenters. The van der Waals surface area contributed by atoms with Crippen molar-refractivity contribution in [1.29, 1.82) is 0 Å². The maximum absolute atomic E-state index is 14.4. The lowest BCUT2D eigenvalue weighted by Gasteiger charge is -2.32. The lowest BCUT2D eigenvalue weighted by molar-refractivity contribution is 0.242. The smallest absolute Gasteiger partial charge is 0.246 e. The zero-order chi connectivity index (χ0) is 25.6. The molecule has 5 rings (SSSR count). The summed E-state index contributed by atoms with van der Waals surface area (Å²) in [5.41, 5.74) is 8.25. The van der Waals surface area contributed by atoms with Gasteiger partial charge in [-0.15, -0.1) is 0 Å². The number of nitrogens with one attached hydrogen (secondary N) is 1. The molecule has 2 aliphatic carbocycles. The number of anilines is 1. The van der Waals surface area contributed by atoms with E-state index in [4.69, 9.17) is 0 Å². The Morgan fingerprint density at radius 3 is 2.53 bits per heavy atom. The average Bonchev–Trinajstić information content (AvgIpc) is 3.44.